The number of hydrogen-bond donors (Lipinski definition) is 4. The van der Waals surface area contributed by atoms with Crippen LogP contribution in [-0.4, -0.2) is 103 Å². The van der Waals surface area contributed by atoms with Crippen molar-refractivity contribution in [2.24, 2.45) is 13.0 Å². The molecule has 60 heavy (non-hydrogen) atoms. The number of imidazole rings is 3. The zero-order valence-corrected chi connectivity index (χ0v) is 34.4. The summed E-state index contributed by atoms with van der Waals surface area (Å²) < 4.78 is 11.5. The molecule has 0 radical (unpaired) electrons. The minimum absolute atomic E-state index is 0.113. The zero-order valence-electron chi connectivity index (χ0n) is 34.4. The average molecular weight is 815 g/mol. The second-order valence-corrected chi connectivity index (χ2v) is 15.9. The molecule has 0 bridgehead atoms. The van der Waals surface area contributed by atoms with Gasteiger partial charge in [0.05, 0.1) is 54.7 Å². The van der Waals surface area contributed by atoms with Crippen molar-refractivity contribution in [1.82, 2.24) is 49.9 Å². The van der Waals surface area contributed by atoms with Crippen molar-refractivity contribution in [2.75, 3.05) is 27.3 Å². The molecule has 2 aliphatic rings. The molecule has 1 unspecified atom stereocenters. The van der Waals surface area contributed by atoms with Crippen molar-refractivity contribution in [2.45, 2.75) is 70.1 Å². The summed E-state index contributed by atoms with van der Waals surface area (Å²) in [6.45, 7) is 4.94. The lowest BCUT2D eigenvalue weighted by molar-refractivity contribution is -0.135. The summed E-state index contributed by atoms with van der Waals surface area (Å²) in [7, 11) is 4.42. The Morgan fingerprint density at radius 2 is 1.23 bits per heavy atom. The Kier molecular flexibility index (Phi) is 11.3. The van der Waals surface area contributed by atoms with Gasteiger partial charge in [-0.05, 0) is 78.1 Å². The molecular weight excluding hydrogens is 765 g/mol. The molecule has 312 valence electrons. The first-order valence-electron chi connectivity index (χ1n) is 20.4. The van der Waals surface area contributed by atoms with E-state index in [1.807, 2.05) is 48.6 Å². The van der Waals surface area contributed by atoms with Gasteiger partial charge >= 0.3 is 12.2 Å². The van der Waals surface area contributed by atoms with Gasteiger partial charge in [0, 0.05) is 38.4 Å². The van der Waals surface area contributed by atoms with Crippen LogP contribution >= 0.6 is 0 Å². The van der Waals surface area contributed by atoms with Crippen LogP contribution in [0, 0.1) is 5.92 Å². The number of nitrogens with zero attached hydrogens (tertiary/aromatic N) is 6. The molecule has 6 aromatic rings. The van der Waals surface area contributed by atoms with Crippen molar-refractivity contribution >= 4 is 46.1 Å². The monoisotopic (exact) mass is 814 g/mol. The van der Waals surface area contributed by atoms with Crippen LogP contribution in [0.1, 0.15) is 69.0 Å². The van der Waals surface area contributed by atoms with E-state index in [1.165, 1.54) is 14.2 Å². The van der Waals surface area contributed by atoms with Crippen LogP contribution in [0.15, 0.2) is 73.2 Å². The maximum Gasteiger partial charge on any atom is 0.407 e. The van der Waals surface area contributed by atoms with Gasteiger partial charge in [-0.25, -0.2) is 24.5 Å². The minimum Gasteiger partial charge on any atom is -0.453 e. The number of hydrogen-bond acceptors (Lipinski definition) is 9. The first-order chi connectivity index (χ1) is 29.0. The predicted octanol–water partition coefficient (Wildman–Crippen LogP) is 6.18. The molecule has 5 heterocycles. The summed E-state index contributed by atoms with van der Waals surface area (Å²) in [5.74, 6) is 0.986. The lowest BCUT2D eigenvalue weighted by Crippen LogP contribution is -2.51. The lowest BCUT2D eigenvalue weighted by Gasteiger charge is -2.29. The Labute approximate surface area is 347 Å². The maximum atomic E-state index is 14.0. The Morgan fingerprint density at radius 3 is 1.72 bits per heavy atom. The normalized spacial score (nSPS) is 17.6. The quantitative estimate of drug-likeness (QED) is 0.118. The fourth-order valence-electron chi connectivity index (χ4n) is 8.49. The van der Waals surface area contributed by atoms with E-state index >= 15 is 0 Å². The van der Waals surface area contributed by atoms with Gasteiger partial charge in [0.25, 0.3) is 0 Å². The number of H-pyrrole nitrogens is 2. The third kappa shape index (κ3) is 8.01. The molecule has 0 saturated carbocycles. The predicted molar refractivity (Wildman–Crippen MR) is 224 cm³/mol. The standard InChI is InChI=1S/C44H50N10O6/c1-25(2)38(51-44(58)60-5)42(56)54-19-7-9-37(54)40-47-32-17-15-29(21-34(32)49-40)27-12-10-26(11-13-27)28-14-16-31-33(20-28)48-39(46-31)36-8-6-18-53(36)41(55)35(50-43(57)59-4)22-30-23-45-24-52(30)3/h10-17,20-21,23-25,35-38H,6-9,18-19,22H2,1-5H3,(H,46,48)(H,47,49)(H,50,57)(H,51,58)/t35-,36?,37-,38-/m0/s1. The molecule has 3 aromatic heterocycles. The fourth-order valence-corrected chi connectivity index (χ4v) is 8.49. The van der Waals surface area contributed by atoms with Gasteiger partial charge in [-0.3, -0.25) is 9.59 Å². The molecule has 16 nitrogen and oxygen atoms in total. The van der Waals surface area contributed by atoms with Crippen molar-refractivity contribution in [1.29, 1.82) is 0 Å². The Balaban J connectivity index is 0.972. The second-order valence-electron chi connectivity index (χ2n) is 15.9. The number of alkyl carbamates (subject to hydrolysis) is 2. The van der Waals surface area contributed by atoms with Crippen molar-refractivity contribution in [3.8, 4) is 22.3 Å². The molecule has 16 heteroatoms. The van der Waals surface area contributed by atoms with Gasteiger partial charge in [-0.1, -0.05) is 50.2 Å². The number of rotatable bonds is 11. The number of likely N-dealkylation sites (tertiary alicyclic amines) is 2. The number of benzene rings is 3. The molecule has 4 atom stereocenters. The summed E-state index contributed by atoms with van der Waals surface area (Å²) in [6.07, 6.45) is 5.51. The summed E-state index contributed by atoms with van der Waals surface area (Å²) in [6, 6.07) is 18.6. The van der Waals surface area contributed by atoms with Crippen LogP contribution in [-0.2, 0) is 32.5 Å². The van der Waals surface area contributed by atoms with Gasteiger partial charge in [0.2, 0.25) is 11.8 Å². The van der Waals surface area contributed by atoms with Crippen molar-refractivity contribution < 1.29 is 28.7 Å². The van der Waals surface area contributed by atoms with Gasteiger partial charge in [0.15, 0.2) is 0 Å². The molecule has 3 aromatic carbocycles. The van der Waals surface area contributed by atoms with Crippen molar-refractivity contribution in [3.05, 3.63) is 90.5 Å². The smallest absolute Gasteiger partial charge is 0.407 e. The fraction of sp³-hybridized carbons (Fsp3) is 0.386. The Morgan fingerprint density at radius 1 is 0.733 bits per heavy atom. The van der Waals surface area contributed by atoms with E-state index < -0.39 is 24.3 Å². The van der Waals surface area contributed by atoms with Crippen LogP contribution in [0.25, 0.3) is 44.3 Å². The maximum absolute atomic E-state index is 14.0. The average Bonchev–Trinajstić information content (AvgIpc) is 4.11. The van der Waals surface area contributed by atoms with Gasteiger partial charge in [0.1, 0.15) is 23.7 Å². The molecule has 2 saturated heterocycles. The van der Waals surface area contributed by atoms with E-state index in [4.69, 9.17) is 19.4 Å². The topological polar surface area (TPSA) is 192 Å². The molecule has 4 amide bonds. The van der Waals surface area contributed by atoms with Gasteiger partial charge < -0.3 is 44.4 Å². The molecule has 2 aliphatic heterocycles. The van der Waals surface area contributed by atoms with E-state index in [0.717, 1.165) is 81.5 Å². The second kappa shape index (κ2) is 16.9. The first kappa shape index (κ1) is 40.1. The third-order valence-electron chi connectivity index (χ3n) is 11.8. The number of aromatic amines is 2. The van der Waals surface area contributed by atoms with E-state index in [9.17, 15) is 19.2 Å². The van der Waals surface area contributed by atoms with Crippen LogP contribution in [0.3, 0.4) is 0 Å². The number of methoxy groups -OCH3 is 2. The molecule has 8 rings (SSSR count). The number of nitrogens with one attached hydrogen (secondary N) is 4. The summed E-state index contributed by atoms with van der Waals surface area (Å²) in [5.41, 5.74) is 8.32. The Hall–Kier alpha value is -6.71. The highest BCUT2D eigenvalue weighted by Gasteiger charge is 2.39. The minimum atomic E-state index is -0.826. The van der Waals surface area contributed by atoms with Crippen LogP contribution in [0.4, 0.5) is 9.59 Å². The van der Waals surface area contributed by atoms with Crippen LogP contribution < -0.4 is 10.6 Å². The zero-order chi connectivity index (χ0) is 42.1. The van der Waals surface area contributed by atoms with Gasteiger partial charge in [-0.15, -0.1) is 0 Å². The molecule has 2 fully saturated rings. The molecule has 0 spiro atoms. The lowest BCUT2D eigenvalue weighted by atomic mass is 10.00. The number of amides is 4. The third-order valence-corrected chi connectivity index (χ3v) is 11.8. The van der Waals surface area contributed by atoms with Crippen LogP contribution in [0.5, 0.6) is 0 Å². The number of fused-ring (bicyclic) bond motifs is 2. The first-order valence-corrected chi connectivity index (χ1v) is 20.4. The SMILES string of the molecule is COC(=O)N[C@@H](Cc1cncn1C)C(=O)N1CCCC1c1nc2ccc(-c3ccc(-c4ccc5nc([C@@H]6CCCN6C(=O)[C@@H](NC(=O)OC)C(C)C)[nH]c5c4)cc3)cc2[nH]1. The van der Waals surface area contributed by atoms with Gasteiger partial charge in [-0.2, -0.15) is 0 Å². The number of aromatic nitrogens is 6. The number of carbonyl (C=O) groups is 4. The largest absolute Gasteiger partial charge is 0.453 e. The highest BCUT2D eigenvalue weighted by Crippen LogP contribution is 2.36. The van der Waals surface area contributed by atoms with E-state index in [0.29, 0.717) is 18.9 Å². The van der Waals surface area contributed by atoms with Crippen LogP contribution in [0.2, 0.25) is 0 Å². The van der Waals surface area contributed by atoms with E-state index in [2.05, 4.69) is 68.1 Å². The molecular formula is C44H50N10O6. The molecule has 4 N–H and O–H groups in total. The number of aryl methyl sites for hydroxylation is 1. The summed E-state index contributed by atoms with van der Waals surface area (Å²) >= 11 is 0. The molecule has 0 aliphatic carbocycles. The van der Waals surface area contributed by atoms with E-state index in [-0.39, 0.29) is 36.2 Å². The van der Waals surface area contributed by atoms with E-state index in [1.54, 1.807) is 17.4 Å². The highest BCUT2D eigenvalue weighted by atomic mass is 16.5. The summed E-state index contributed by atoms with van der Waals surface area (Å²) in [5, 5.41) is 5.44. The van der Waals surface area contributed by atoms with Crippen molar-refractivity contribution in [3.63, 3.8) is 0 Å². The summed E-state index contributed by atoms with van der Waals surface area (Å²) in [4.78, 5) is 76.5. The Bertz CT molecular complexity index is 2540. The number of carbonyl (C=O) groups excluding carboxylic acids is 4. The number of ether oxygens (including phenoxy) is 2. The highest BCUT2D eigenvalue weighted by molar-refractivity contribution is 5.88.